The fourth-order valence-electron chi connectivity index (χ4n) is 3.94. The molecule has 1 aromatic heterocycles. The molecule has 25 heavy (non-hydrogen) atoms. The Bertz CT molecular complexity index is 626. The van der Waals surface area contributed by atoms with E-state index < -0.39 is 18.0 Å². The van der Waals surface area contributed by atoms with Crippen LogP contribution in [-0.4, -0.2) is 32.9 Å². The average Bonchev–Trinajstić information content (AvgIpc) is 2.97. The van der Waals surface area contributed by atoms with Crippen LogP contribution in [0.3, 0.4) is 0 Å². The summed E-state index contributed by atoms with van der Waals surface area (Å²) in [6, 6.07) is -0.0697. The number of nitrogens with zero attached hydrogens (tertiary/aromatic N) is 3. The van der Waals surface area contributed by atoms with Crippen LogP contribution < -0.4 is 5.32 Å². The molecular weight excluding hydrogens is 333 g/mol. The van der Waals surface area contributed by atoms with E-state index in [0.717, 1.165) is 24.5 Å². The van der Waals surface area contributed by atoms with Crippen LogP contribution in [0.15, 0.2) is 0 Å². The number of aromatic nitrogens is 3. The van der Waals surface area contributed by atoms with Crippen molar-refractivity contribution in [1.82, 2.24) is 20.1 Å². The van der Waals surface area contributed by atoms with Gasteiger partial charge < -0.3 is 9.88 Å². The van der Waals surface area contributed by atoms with Crippen LogP contribution in [0.4, 0.5) is 13.2 Å². The highest BCUT2D eigenvalue weighted by atomic mass is 19.4. The third kappa shape index (κ3) is 3.98. The Balaban J connectivity index is 1.61. The first kappa shape index (κ1) is 18.2. The number of aryl methyl sites for hydroxylation is 1. The van der Waals surface area contributed by atoms with E-state index in [0.29, 0.717) is 19.4 Å². The van der Waals surface area contributed by atoms with Gasteiger partial charge in [-0.05, 0) is 25.7 Å². The Morgan fingerprint density at radius 1 is 1.24 bits per heavy atom. The SMILES string of the molecule is CC(C)c1nnc2n1CC(NC(=O)C1CCCC(C(F)(F)F)C1)CC2. The number of nitrogens with one attached hydrogen (secondary N) is 1. The molecule has 8 heteroatoms. The number of alkyl halides is 3. The Labute approximate surface area is 145 Å². The Hall–Kier alpha value is -1.60. The lowest BCUT2D eigenvalue weighted by atomic mass is 9.80. The summed E-state index contributed by atoms with van der Waals surface area (Å²) in [6.45, 7) is 4.68. The molecule has 1 aliphatic heterocycles. The zero-order valence-electron chi connectivity index (χ0n) is 14.6. The lowest BCUT2D eigenvalue weighted by Crippen LogP contribution is -2.45. The zero-order valence-corrected chi connectivity index (χ0v) is 14.6. The van der Waals surface area contributed by atoms with Gasteiger partial charge in [-0.25, -0.2) is 0 Å². The van der Waals surface area contributed by atoms with Crippen molar-refractivity contribution in [1.29, 1.82) is 0 Å². The van der Waals surface area contributed by atoms with Gasteiger partial charge in [0.25, 0.3) is 0 Å². The lowest BCUT2D eigenvalue weighted by molar-refractivity contribution is -0.186. The summed E-state index contributed by atoms with van der Waals surface area (Å²) in [5.41, 5.74) is 0. The van der Waals surface area contributed by atoms with Crippen molar-refractivity contribution in [3.8, 4) is 0 Å². The van der Waals surface area contributed by atoms with E-state index in [9.17, 15) is 18.0 Å². The molecule has 0 saturated heterocycles. The fourth-order valence-corrected chi connectivity index (χ4v) is 3.94. The molecule has 1 fully saturated rings. The van der Waals surface area contributed by atoms with Gasteiger partial charge in [0.1, 0.15) is 11.6 Å². The van der Waals surface area contributed by atoms with Gasteiger partial charge in [-0.15, -0.1) is 10.2 Å². The summed E-state index contributed by atoms with van der Waals surface area (Å²) in [4.78, 5) is 12.5. The average molecular weight is 358 g/mol. The number of fused-ring (bicyclic) bond motifs is 1. The summed E-state index contributed by atoms with van der Waals surface area (Å²) in [5, 5.41) is 11.4. The quantitative estimate of drug-likeness (QED) is 0.903. The van der Waals surface area contributed by atoms with Crippen molar-refractivity contribution in [3.63, 3.8) is 0 Å². The summed E-state index contributed by atoms with van der Waals surface area (Å²) in [5.74, 6) is -0.0662. The molecule has 1 amide bonds. The maximum atomic E-state index is 12.9. The highest BCUT2D eigenvalue weighted by Crippen LogP contribution is 2.40. The van der Waals surface area contributed by atoms with Crippen LogP contribution in [0, 0.1) is 11.8 Å². The lowest BCUT2D eigenvalue weighted by Gasteiger charge is -2.32. The monoisotopic (exact) mass is 358 g/mol. The molecule has 1 N–H and O–H groups in total. The van der Waals surface area contributed by atoms with E-state index in [4.69, 9.17) is 0 Å². The second-order valence-corrected chi connectivity index (χ2v) is 7.59. The van der Waals surface area contributed by atoms with Crippen LogP contribution in [0.25, 0.3) is 0 Å². The van der Waals surface area contributed by atoms with E-state index in [2.05, 4.69) is 15.5 Å². The standard InChI is InChI=1S/C17H25F3N4O/c1-10(2)15-23-22-14-7-6-13(9-24(14)15)21-16(25)11-4-3-5-12(8-11)17(18,19)20/h10-13H,3-9H2,1-2H3,(H,21,25). The van der Waals surface area contributed by atoms with E-state index in [1.807, 2.05) is 18.4 Å². The first-order valence-electron chi connectivity index (χ1n) is 9.04. The van der Waals surface area contributed by atoms with Gasteiger partial charge in [-0.2, -0.15) is 13.2 Å². The largest absolute Gasteiger partial charge is 0.391 e. The second kappa shape index (κ2) is 6.96. The molecule has 3 unspecified atom stereocenters. The van der Waals surface area contributed by atoms with E-state index >= 15 is 0 Å². The number of amides is 1. The fraction of sp³-hybridized carbons (Fsp3) is 0.824. The molecule has 5 nitrogen and oxygen atoms in total. The van der Waals surface area contributed by atoms with Gasteiger partial charge >= 0.3 is 6.18 Å². The van der Waals surface area contributed by atoms with Crippen molar-refractivity contribution < 1.29 is 18.0 Å². The normalized spacial score (nSPS) is 27.2. The smallest absolute Gasteiger partial charge is 0.351 e. The molecule has 0 spiro atoms. The van der Waals surface area contributed by atoms with E-state index in [1.54, 1.807) is 0 Å². The minimum absolute atomic E-state index is 0.0697. The molecule has 3 rings (SSSR count). The Morgan fingerprint density at radius 3 is 2.68 bits per heavy atom. The van der Waals surface area contributed by atoms with Crippen molar-refractivity contribution >= 4 is 5.91 Å². The van der Waals surface area contributed by atoms with Crippen molar-refractivity contribution in [2.24, 2.45) is 11.8 Å². The first-order chi connectivity index (χ1) is 11.8. The maximum absolute atomic E-state index is 12.9. The summed E-state index contributed by atoms with van der Waals surface area (Å²) in [6.07, 6.45) is -1.68. The van der Waals surface area contributed by atoms with Gasteiger partial charge in [0, 0.05) is 30.8 Å². The van der Waals surface area contributed by atoms with Gasteiger partial charge in [0.15, 0.2) is 0 Å². The first-order valence-corrected chi connectivity index (χ1v) is 9.04. The molecule has 140 valence electrons. The molecule has 0 bridgehead atoms. The van der Waals surface area contributed by atoms with Crippen molar-refractivity contribution in [3.05, 3.63) is 11.6 Å². The van der Waals surface area contributed by atoms with Crippen molar-refractivity contribution in [2.45, 2.75) is 77.1 Å². The molecule has 0 radical (unpaired) electrons. The second-order valence-electron chi connectivity index (χ2n) is 7.59. The summed E-state index contributed by atoms with van der Waals surface area (Å²) < 4.78 is 40.9. The highest BCUT2D eigenvalue weighted by Gasteiger charge is 2.43. The number of halogens is 3. The Kier molecular flexibility index (Phi) is 5.06. The minimum atomic E-state index is -4.20. The molecule has 1 saturated carbocycles. The van der Waals surface area contributed by atoms with Crippen LogP contribution in [0.5, 0.6) is 0 Å². The van der Waals surface area contributed by atoms with Gasteiger partial charge in [0.05, 0.1) is 5.92 Å². The van der Waals surface area contributed by atoms with Crippen LogP contribution >= 0.6 is 0 Å². The third-order valence-corrected chi connectivity index (χ3v) is 5.35. The van der Waals surface area contributed by atoms with Gasteiger partial charge in [0.2, 0.25) is 5.91 Å². The van der Waals surface area contributed by atoms with Gasteiger partial charge in [-0.3, -0.25) is 4.79 Å². The number of hydrogen-bond donors (Lipinski definition) is 1. The maximum Gasteiger partial charge on any atom is 0.391 e. The summed E-state index contributed by atoms with van der Waals surface area (Å²) in [7, 11) is 0. The molecule has 1 aliphatic carbocycles. The number of rotatable bonds is 3. The Morgan fingerprint density at radius 2 is 2.00 bits per heavy atom. The number of hydrogen-bond acceptors (Lipinski definition) is 3. The van der Waals surface area contributed by atoms with E-state index in [-0.39, 0.29) is 30.7 Å². The molecular formula is C17H25F3N4O. The van der Waals surface area contributed by atoms with Crippen LogP contribution in [0.2, 0.25) is 0 Å². The van der Waals surface area contributed by atoms with E-state index in [1.165, 1.54) is 0 Å². The predicted octanol–water partition coefficient (Wildman–Crippen LogP) is 3.20. The zero-order chi connectivity index (χ0) is 18.2. The van der Waals surface area contributed by atoms with Crippen LogP contribution in [0.1, 0.15) is 63.5 Å². The van der Waals surface area contributed by atoms with Gasteiger partial charge in [-0.1, -0.05) is 20.3 Å². The highest BCUT2D eigenvalue weighted by molar-refractivity contribution is 5.79. The van der Waals surface area contributed by atoms with Crippen molar-refractivity contribution in [2.75, 3.05) is 0 Å². The number of carbonyl (C=O) groups is 1. The summed E-state index contributed by atoms with van der Waals surface area (Å²) >= 11 is 0. The molecule has 2 heterocycles. The molecule has 0 aromatic carbocycles. The molecule has 3 atom stereocenters. The predicted molar refractivity (Wildman–Crippen MR) is 85.9 cm³/mol. The van der Waals surface area contributed by atoms with Crippen LogP contribution in [-0.2, 0) is 17.8 Å². The minimum Gasteiger partial charge on any atom is -0.351 e. The third-order valence-electron chi connectivity index (χ3n) is 5.35. The molecule has 2 aliphatic rings. The number of carbonyl (C=O) groups excluding carboxylic acids is 1. The molecule has 1 aromatic rings. The topological polar surface area (TPSA) is 59.8 Å².